The molecule has 0 aliphatic heterocycles. The monoisotopic (exact) mass is 313 g/mol. The van der Waals surface area contributed by atoms with E-state index in [1.54, 1.807) is 12.1 Å². The van der Waals surface area contributed by atoms with Gasteiger partial charge in [-0.05, 0) is 23.3 Å². The number of allylic oxidation sites excluding steroid dienone is 2. The van der Waals surface area contributed by atoms with Crippen LogP contribution in [-0.2, 0) is 14.4 Å². The molecule has 120 valence electrons. The number of fused-ring (bicyclic) bond motifs is 1. The molecule has 0 saturated heterocycles. The summed E-state index contributed by atoms with van der Waals surface area (Å²) in [4.78, 5) is 28.6. The number of carbonyl (C=O) groups excluding carboxylic acids is 2. The summed E-state index contributed by atoms with van der Waals surface area (Å²) in [6.07, 6.45) is 2.23. The Labute approximate surface area is 134 Å². The number of hydroxylamine groups is 1. The summed E-state index contributed by atoms with van der Waals surface area (Å²) in [6, 6.07) is 13.3. The lowest BCUT2D eigenvalue weighted by atomic mass is 10.0. The van der Waals surface area contributed by atoms with Crippen LogP contribution in [0.1, 0.15) is 23.2 Å². The van der Waals surface area contributed by atoms with Crippen molar-refractivity contribution in [3.8, 4) is 0 Å². The van der Waals surface area contributed by atoms with Crippen molar-refractivity contribution in [2.45, 2.75) is 12.8 Å². The average molecular weight is 313 g/mol. The molecule has 0 fully saturated rings. The van der Waals surface area contributed by atoms with E-state index in [1.807, 2.05) is 36.4 Å². The molecule has 2 aromatic carbocycles. The maximum Gasteiger partial charge on any atom is 0.305 e. The van der Waals surface area contributed by atoms with Gasteiger partial charge in [0.1, 0.15) is 5.70 Å². The fourth-order valence-electron chi connectivity index (χ4n) is 2.21. The third-order valence-electron chi connectivity index (χ3n) is 3.39. The summed E-state index contributed by atoms with van der Waals surface area (Å²) in [6.45, 7) is 0. The second-order valence-corrected chi connectivity index (χ2v) is 4.93. The lowest BCUT2D eigenvalue weighted by Gasteiger charge is -2.09. The molecule has 23 heavy (non-hydrogen) atoms. The van der Waals surface area contributed by atoms with E-state index >= 15 is 0 Å². The van der Waals surface area contributed by atoms with E-state index in [9.17, 15) is 9.59 Å². The van der Waals surface area contributed by atoms with Gasteiger partial charge in [0.05, 0.1) is 14.2 Å². The molecule has 0 amide bonds. The highest BCUT2D eigenvalue weighted by atomic mass is 16.6. The zero-order valence-electron chi connectivity index (χ0n) is 13.2. The minimum absolute atomic E-state index is 0.192. The Bertz CT molecular complexity index is 737. The predicted molar refractivity (Wildman–Crippen MR) is 87.8 cm³/mol. The third kappa shape index (κ3) is 4.40. The average Bonchev–Trinajstić information content (AvgIpc) is 2.59. The number of benzene rings is 2. The van der Waals surface area contributed by atoms with Crippen LogP contribution >= 0.6 is 0 Å². The van der Waals surface area contributed by atoms with Crippen molar-refractivity contribution >= 4 is 22.5 Å². The van der Waals surface area contributed by atoms with Gasteiger partial charge in [0.15, 0.2) is 0 Å². The van der Waals surface area contributed by atoms with Crippen LogP contribution < -0.4 is 5.48 Å². The molecule has 0 aromatic heterocycles. The standard InChI is InChI=1S/C18H19NO4/c1-22-17(20)9-5-8-16(19-23-2)18(21)15-11-10-13-6-3-4-7-14(13)12-15/h3-4,6-8,10-12,19H,5,9H2,1-2H3. The highest BCUT2D eigenvalue weighted by molar-refractivity contribution is 6.09. The molecule has 0 aliphatic rings. The van der Waals surface area contributed by atoms with Crippen LogP contribution in [0.25, 0.3) is 10.8 Å². The van der Waals surface area contributed by atoms with Crippen molar-refractivity contribution in [3.63, 3.8) is 0 Å². The highest BCUT2D eigenvalue weighted by Crippen LogP contribution is 2.17. The van der Waals surface area contributed by atoms with Gasteiger partial charge in [0, 0.05) is 12.0 Å². The number of Topliss-reactive ketones (excluding diaryl/α,β-unsaturated/α-hetero) is 1. The zero-order valence-corrected chi connectivity index (χ0v) is 13.2. The van der Waals surface area contributed by atoms with Crippen molar-refractivity contribution in [1.29, 1.82) is 0 Å². The van der Waals surface area contributed by atoms with Gasteiger partial charge in [-0.25, -0.2) is 0 Å². The molecular formula is C18H19NO4. The number of methoxy groups -OCH3 is 1. The predicted octanol–water partition coefficient (Wildman–Crippen LogP) is 3.01. The van der Waals surface area contributed by atoms with E-state index in [0.29, 0.717) is 17.7 Å². The molecule has 0 atom stereocenters. The van der Waals surface area contributed by atoms with Gasteiger partial charge in [0.2, 0.25) is 5.78 Å². The Morgan fingerprint density at radius 1 is 1.09 bits per heavy atom. The third-order valence-corrected chi connectivity index (χ3v) is 3.39. The molecule has 0 radical (unpaired) electrons. The fourth-order valence-corrected chi connectivity index (χ4v) is 2.21. The topological polar surface area (TPSA) is 64.6 Å². The molecular weight excluding hydrogens is 294 g/mol. The molecule has 0 bridgehead atoms. The van der Waals surface area contributed by atoms with Crippen LogP contribution in [-0.4, -0.2) is 26.0 Å². The molecule has 5 heteroatoms. The van der Waals surface area contributed by atoms with E-state index in [0.717, 1.165) is 10.8 Å². The molecule has 2 rings (SSSR count). The summed E-state index contributed by atoms with van der Waals surface area (Å²) in [5, 5.41) is 2.06. The van der Waals surface area contributed by atoms with E-state index in [1.165, 1.54) is 14.2 Å². The lowest BCUT2D eigenvalue weighted by Crippen LogP contribution is -2.19. The number of hydrogen-bond donors (Lipinski definition) is 1. The van der Waals surface area contributed by atoms with Crippen molar-refractivity contribution in [1.82, 2.24) is 5.48 Å². The summed E-state index contributed by atoms with van der Waals surface area (Å²) < 4.78 is 4.58. The Kier molecular flexibility index (Phi) is 5.88. The van der Waals surface area contributed by atoms with E-state index in [-0.39, 0.29) is 18.2 Å². The van der Waals surface area contributed by atoms with Gasteiger partial charge < -0.3 is 4.74 Å². The highest BCUT2D eigenvalue weighted by Gasteiger charge is 2.13. The first-order valence-corrected chi connectivity index (χ1v) is 7.25. The second-order valence-electron chi connectivity index (χ2n) is 4.93. The number of nitrogens with one attached hydrogen (secondary N) is 1. The van der Waals surface area contributed by atoms with Crippen LogP contribution in [0.15, 0.2) is 54.2 Å². The number of ether oxygens (including phenoxy) is 1. The van der Waals surface area contributed by atoms with E-state index in [4.69, 9.17) is 4.84 Å². The Balaban J connectivity index is 2.21. The largest absolute Gasteiger partial charge is 0.469 e. The molecule has 0 heterocycles. The molecule has 2 aromatic rings. The van der Waals surface area contributed by atoms with E-state index < -0.39 is 0 Å². The molecule has 0 spiro atoms. The Hall–Kier alpha value is -2.66. The van der Waals surface area contributed by atoms with Gasteiger partial charge in [-0.1, -0.05) is 42.5 Å². The molecule has 5 nitrogen and oxygen atoms in total. The minimum Gasteiger partial charge on any atom is -0.469 e. The number of rotatable bonds is 7. The first-order chi connectivity index (χ1) is 11.2. The summed E-state index contributed by atoms with van der Waals surface area (Å²) in [5.74, 6) is -0.515. The van der Waals surface area contributed by atoms with Crippen LogP contribution in [0.3, 0.4) is 0 Å². The van der Waals surface area contributed by atoms with Gasteiger partial charge in [-0.15, -0.1) is 0 Å². The number of esters is 1. The SMILES string of the molecule is CONC(=CCCC(=O)OC)C(=O)c1ccc2ccccc2c1. The van der Waals surface area contributed by atoms with Crippen molar-refractivity contribution in [2.75, 3.05) is 14.2 Å². The van der Waals surface area contributed by atoms with E-state index in [2.05, 4.69) is 10.2 Å². The van der Waals surface area contributed by atoms with Gasteiger partial charge in [0.25, 0.3) is 0 Å². The van der Waals surface area contributed by atoms with Crippen LogP contribution in [0.5, 0.6) is 0 Å². The van der Waals surface area contributed by atoms with Gasteiger partial charge in [-0.2, -0.15) is 0 Å². The first-order valence-electron chi connectivity index (χ1n) is 7.25. The van der Waals surface area contributed by atoms with Crippen molar-refractivity contribution < 1.29 is 19.2 Å². The minimum atomic E-state index is -0.323. The van der Waals surface area contributed by atoms with Crippen LogP contribution in [0, 0.1) is 0 Å². The molecule has 0 aliphatic carbocycles. The van der Waals surface area contributed by atoms with Gasteiger partial charge >= 0.3 is 5.97 Å². The fraction of sp³-hybridized carbons (Fsp3) is 0.222. The molecule has 1 N–H and O–H groups in total. The summed E-state index contributed by atoms with van der Waals surface area (Å²) in [7, 11) is 2.77. The lowest BCUT2D eigenvalue weighted by molar-refractivity contribution is -0.140. The van der Waals surface area contributed by atoms with Gasteiger partial charge in [-0.3, -0.25) is 19.9 Å². The summed E-state index contributed by atoms with van der Waals surface area (Å²) >= 11 is 0. The smallest absolute Gasteiger partial charge is 0.305 e. The number of carbonyl (C=O) groups is 2. The number of ketones is 1. The van der Waals surface area contributed by atoms with Crippen LogP contribution in [0.2, 0.25) is 0 Å². The van der Waals surface area contributed by atoms with Crippen molar-refractivity contribution in [2.24, 2.45) is 0 Å². The Morgan fingerprint density at radius 3 is 2.52 bits per heavy atom. The maximum absolute atomic E-state index is 12.6. The second kappa shape index (κ2) is 8.10. The quantitative estimate of drug-likeness (QED) is 0.368. The Morgan fingerprint density at radius 2 is 1.83 bits per heavy atom. The maximum atomic E-state index is 12.6. The first kappa shape index (κ1) is 16.7. The van der Waals surface area contributed by atoms with Crippen LogP contribution in [0.4, 0.5) is 0 Å². The normalized spacial score (nSPS) is 11.3. The number of hydrogen-bond acceptors (Lipinski definition) is 5. The molecule has 0 unspecified atom stereocenters. The molecule has 0 saturated carbocycles. The van der Waals surface area contributed by atoms with Crippen molar-refractivity contribution in [3.05, 3.63) is 59.8 Å². The summed E-state index contributed by atoms with van der Waals surface area (Å²) in [5.41, 5.74) is 3.43. The zero-order chi connectivity index (χ0) is 16.7.